The predicted octanol–water partition coefficient (Wildman–Crippen LogP) is 1.76. The van der Waals surface area contributed by atoms with Crippen molar-refractivity contribution < 1.29 is 39.1 Å². The molecule has 0 aromatic rings. The molecule has 0 spiro atoms. The zero-order chi connectivity index (χ0) is 13.1. The predicted molar refractivity (Wildman–Crippen MR) is 97.1 cm³/mol. The summed E-state index contributed by atoms with van der Waals surface area (Å²) in [5.74, 6) is 2.40. The fourth-order valence-corrected chi connectivity index (χ4v) is 2.55. The van der Waals surface area contributed by atoms with Gasteiger partial charge in [-0.1, -0.05) is 19.3 Å². The third-order valence-corrected chi connectivity index (χ3v) is 3.93. The van der Waals surface area contributed by atoms with E-state index in [2.05, 4.69) is 6.92 Å². The van der Waals surface area contributed by atoms with Crippen molar-refractivity contribution in [1.82, 2.24) is 0 Å². The molecule has 20 heavy (non-hydrogen) atoms. The Bertz CT molecular complexity index is 238. The SMILES string of the molecule is I.[CH2-][C@H](CSCCCCCCCC(C)=O)C(C)=O.[CH3-].[Na+]. The smallest absolute Gasteiger partial charge is 0.358 e. The molecule has 0 heterocycles. The van der Waals surface area contributed by atoms with Crippen LogP contribution in [0.25, 0.3) is 0 Å². The zero-order valence-electron chi connectivity index (χ0n) is 13.6. The number of hydrogen-bond acceptors (Lipinski definition) is 3. The number of unbranched alkanes of at least 4 members (excludes halogenated alkanes) is 4. The van der Waals surface area contributed by atoms with Crippen molar-refractivity contribution in [1.29, 1.82) is 0 Å². The second-order valence-electron chi connectivity index (χ2n) is 4.60. The van der Waals surface area contributed by atoms with Gasteiger partial charge in [0.15, 0.2) is 0 Å². The Balaban J connectivity index is -0.000000427. The second-order valence-corrected chi connectivity index (χ2v) is 5.75. The van der Waals surface area contributed by atoms with Crippen molar-refractivity contribution in [2.75, 3.05) is 11.5 Å². The van der Waals surface area contributed by atoms with Crippen LogP contribution in [-0.2, 0) is 9.59 Å². The molecule has 0 aromatic carbocycles. The first-order valence-electron chi connectivity index (χ1n) is 6.44. The summed E-state index contributed by atoms with van der Waals surface area (Å²) in [6.45, 7) is 7.07. The van der Waals surface area contributed by atoms with Crippen LogP contribution >= 0.6 is 35.7 Å². The van der Waals surface area contributed by atoms with Gasteiger partial charge < -0.3 is 23.9 Å². The van der Waals surface area contributed by atoms with Gasteiger partial charge in [-0.05, 0) is 38.2 Å². The van der Waals surface area contributed by atoms with E-state index in [0.29, 0.717) is 5.78 Å². The Morgan fingerprint density at radius 3 is 2.05 bits per heavy atom. The Morgan fingerprint density at radius 1 is 1.05 bits per heavy atom. The fourth-order valence-electron chi connectivity index (χ4n) is 1.45. The van der Waals surface area contributed by atoms with Crippen LogP contribution in [0.5, 0.6) is 0 Å². The third-order valence-electron chi connectivity index (χ3n) is 2.71. The molecule has 0 aliphatic carbocycles. The Morgan fingerprint density at radius 2 is 1.55 bits per heavy atom. The van der Waals surface area contributed by atoms with Gasteiger partial charge in [-0.25, -0.2) is 0 Å². The zero-order valence-corrected chi connectivity index (χ0v) is 18.7. The molecule has 0 N–H and O–H groups in total. The van der Waals surface area contributed by atoms with Crippen LogP contribution in [0.3, 0.4) is 0 Å². The molecular weight excluding hydrogens is 394 g/mol. The van der Waals surface area contributed by atoms with Crippen LogP contribution in [0.15, 0.2) is 0 Å². The van der Waals surface area contributed by atoms with E-state index < -0.39 is 0 Å². The number of halogens is 1. The molecule has 2 nitrogen and oxygen atoms in total. The van der Waals surface area contributed by atoms with Gasteiger partial charge in [0.25, 0.3) is 0 Å². The molecule has 0 aliphatic heterocycles. The molecule has 0 fully saturated rings. The topological polar surface area (TPSA) is 34.1 Å². The van der Waals surface area contributed by atoms with Crippen molar-refractivity contribution in [3.63, 3.8) is 0 Å². The van der Waals surface area contributed by atoms with E-state index in [1.54, 1.807) is 13.8 Å². The van der Waals surface area contributed by atoms with E-state index >= 15 is 0 Å². The Labute approximate surface area is 169 Å². The summed E-state index contributed by atoms with van der Waals surface area (Å²) < 4.78 is 0. The van der Waals surface area contributed by atoms with E-state index in [1.807, 2.05) is 11.8 Å². The number of carbonyl (C=O) groups is 2. The number of Topliss-reactive ketones (excluding diaryl/α,β-unsaturated/α-hetero) is 2. The van der Waals surface area contributed by atoms with Gasteiger partial charge in [0.1, 0.15) is 11.6 Å². The minimum atomic E-state index is -0.0458. The molecule has 0 saturated carbocycles. The summed E-state index contributed by atoms with van der Waals surface area (Å²) in [4.78, 5) is 21.6. The summed E-state index contributed by atoms with van der Waals surface area (Å²) in [5.41, 5.74) is 0. The summed E-state index contributed by atoms with van der Waals surface area (Å²) in [5, 5.41) is 0. The second kappa shape index (κ2) is 20.4. The molecule has 0 saturated heterocycles. The number of ketones is 2. The van der Waals surface area contributed by atoms with Crippen molar-refractivity contribution in [3.05, 3.63) is 14.4 Å². The largest absolute Gasteiger partial charge is 1.00 e. The number of rotatable bonds is 11. The maximum Gasteiger partial charge on any atom is 1.00 e. The summed E-state index contributed by atoms with van der Waals surface area (Å²) in [7, 11) is 0. The van der Waals surface area contributed by atoms with Crippen LogP contribution in [0.4, 0.5) is 0 Å². The summed E-state index contributed by atoms with van der Waals surface area (Å²) in [6.07, 6.45) is 6.58. The van der Waals surface area contributed by atoms with Gasteiger partial charge in [0, 0.05) is 6.42 Å². The first-order valence-corrected chi connectivity index (χ1v) is 7.60. The van der Waals surface area contributed by atoms with Gasteiger partial charge in [0.2, 0.25) is 0 Å². The standard InChI is InChI=1S/C14H25O2S.CH3.HI.Na/c1-12(14(3)16)11-17-10-8-6-4-5-7-9-13(2)15;;;/h12H,1,4-11H2,2-3H3;1H3;1H;/q2*-1;;+1/t12-;;;/m1.../s1. The van der Waals surface area contributed by atoms with Gasteiger partial charge in [-0.15, -0.1) is 29.9 Å². The first-order chi connectivity index (χ1) is 8.04. The van der Waals surface area contributed by atoms with Gasteiger partial charge >= 0.3 is 29.6 Å². The van der Waals surface area contributed by atoms with Crippen LogP contribution < -0.4 is 29.6 Å². The molecule has 0 rings (SSSR count). The molecule has 1 atom stereocenters. The fraction of sp³-hybridized carbons (Fsp3) is 0.733. The van der Waals surface area contributed by atoms with Crippen molar-refractivity contribution >= 4 is 47.3 Å². The van der Waals surface area contributed by atoms with Crippen molar-refractivity contribution in [2.45, 2.75) is 52.4 Å². The average molecular weight is 423 g/mol. The maximum absolute atomic E-state index is 10.9. The van der Waals surface area contributed by atoms with Crippen molar-refractivity contribution in [3.8, 4) is 0 Å². The molecule has 0 aromatic heterocycles. The molecule has 0 radical (unpaired) electrons. The molecule has 116 valence electrons. The third kappa shape index (κ3) is 21.7. The van der Waals surface area contributed by atoms with Crippen molar-refractivity contribution in [2.24, 2.45) is 5.92 Å². The van der Waals surface area contributed by atoms with E-state index in [0.717, 1.165) is 30.8 Å². The molecular formula is C15H29INaO2S-. The average Bonchev–Trinajstić information content (AvgIpc) is 2.25. The van der Waals surface area contributed by atoms with E-state index in [9.17, 15) is 9.59 Å². The quantitative estimate of drug-likeness (QED) is 0.220. The minimum Gasteiger partial charge on any atom is -0.358 e. The van der Waals surface area contributed by atoms with E-state index in [-0.39, 0.29) is 72.7 Å². The number of carbonyl (C=O) groups excluding carboxylic acids is 2. The Hall–Kier alpha value is 1.42. The van der Waals surface area contributed by atoms with Gasteiger partial charge in [0.05, 0.1) is 0 Å². The minimum absolute atomic E-state index is 0. The summed E-state index contributed by atoms with van der Waals surface area (Å²) >= 11 is 1.82. The van der Waals surface area contributed by atoms with E-state index in [4.69, 9.17) is 0 Å². The van der Waals surface area contributed by atoms with Crippen LogP contribution in [0, 0.1) is 20.3 Å². The first kappa shape index (κ1) is 29.4. The summed E-state index contributed by atoms with van der Waals surface area (Å²) in [6, 6.07) is 0. The van der Waals surface area contributed by atoms with E-state index in [1.165, 1.54) is 19.3 Å². The monoisotopic (exact) mass is 423 g/mol. The van der Waals surface area contributed by atoms with Gasteiger partial charge in [-0.3, -0.25) is 0 Å². The van der Waals surface area contributed by atoms with Gasteiger partial charge in [-0.2, -0.15) is 11.8 Å². The molecule has 0 amide bonds. The van der Waals surface area contributed by atoms with Crippen LogP contribution in [-0.4, -0.2) is 23.1 Å². The normalized spacial score (nSPS) is 10.6. The maximum atomic E-state index is 10.9. The number of thioether (sulfide) groups is 1. The van der Waals surface area contributed by atoms with Crippen LogP contribution in [0.2, 0.25) is 0 Å². The molecule has 0 unspecified atom stereocenters. The number of hydrogen-bond donors (Lipinski definition) is 0. The molecule has 0 aliphatic rings. The van der Waals surface area contributed by atoms with Crippen LogP contribution in [0.1, 0.15) is 52.4 Å². The molecule has 5 heteroatoms. The Kier molecular flexibility index (Phi) is 30.1. The molecule has 0 bridgehead atoms.